The van der Waals surface area contributed by atoms with E-state index in [1.807, 2.05) is 0 Å². The van der Waals surface area contributed by atoms with Crippen LogP contribution in [0.3, 0.4) is 0 Å². The van der Waals surface area contributed by atoms with E-state index in [0.717, 1.165) is 20.8 Å². The fourth-order valence-electron chi connectivity index (χ4n) is 11.1. The Labute approximate surface area is 492 Å². The number of amides is 3. The molecule has 0 radical (unpaired) electrons. The number of aliphatic hydroxyl groups is 20. The smallest absolute Gasteiger partial charge is 0.217 e. The molecule has 0 saturated carbocycles. The second kappa shape index (κ2) is 31.1. The quantitative estimate of drug-likeness (QED) is 0.0479. The molecule has 0 aromatic heterocycles. The third-order valence-electron chi connectivity index (χ3n) is 15.7. The summed E-state index contributed by atoms with van der Waals surface area (Å²) >= 11 is 0. The fraction of sp³-hybridized carbons (Fsp3) is 0.938. The Balaban J connectivity index is 1.19. The SMILES string of the molecule is CC(=O)N[C@H]1[C@H](O[C@@H]2[C@@H](O[C@@H]3[C@H](O)[C@H](O)O[C@H](CO[C@H]4O[C@H](CO)[C@@H](O)[C@H](O)[C@@H]4O[C@@H]4O[C@H](CO)[C@@H](O)[C@H](O)[C@H]4NC(C)=O)[C@H]3O)O[C@H](CO)[C@@H](O[C@@H]3O[C@H](CO)[C@@H](O)[C@H](O)[C@H]3NC(C)=O)[C@@H]2O)O[C@H](CO)[C@@H](O[C@@H]2O[C@H](CO)[C@H](O)[C@H](O)[C@H]2O)[C@@H]1O. The Morgan fingerprint density at radius 3 is 1.08 bits per heavy atom. The van der Waals surface area contributed by atoms with Crippen molar-refractivity contribution in [3.63, 3.8) is 0 Å². The van der Waals surface area contributed by atoms with Crippen LogP contribution >= 0.6 is 0 Å². The van der Waals surface area contributed by atoms with E-state index in [1.165, 1.54) is 0 Å². The largest absolute Gasteiger partial charge is 0.394 e. The summed E-state index contributed by atoms with van der Waals surface area (Å²) in [7, 11) is 0. The highest BCUT2D eigenvalue weighted by atomic mass is 16.8. The van der Waals surface area contributed by atoms with Crippen LogP contribution in [0.2, 0.25) is 0 Å². The van der Waals surface area contributed by atoms with Crippen molar-refractivity contribution >= 4 is 17.7 Å². The van der Waals surface area contributed by atoms with E-state index in [0.29, 0.717) is 0 Å². The molecule has 0 unspecified atom stereocenters. The summed E-state index contributed by atoms with van der Waals surface area (Å²) in [5.74, 6) is -2.52. The summed E-state index contributed by atoms with van der Waals surface area (Å²) < 4.78 is 75.8. The molecule has 39 heteroatoms. The molecule has 0 aliphatic carbocycles. The van der Waals surface area contributed by atoms with Crippen LogP contribution in [0.25, 0.3) is 0 Å². The minimum absolute atomic E-state index is 0.779. The number of hydrogen-bond donors (Lipinski definition) is 23. The van der Waals surface area contributed by atoms with Crippen LogP contribution in [0.15, 0.2) is 0 Å². The molecular formula is C48H81N3O36. The molecule has 7 aliphatic rings. The zero-order valence-corrected chi connectivity index (χ0v) is 46.6. The van der Waals surface area contributed by atoms with E-state index in [2.05, 4.69) is 16.0 Å². The van der Waals surface area contributed by atoms with Crippen molar-refractivity contribution < 1.29 is 178 Å². The fourth-order valence-corrected chi connectivity index (χ4v) is 11.1. The molecule has 7 aliphatic heterocycles. The standard InChI is InChI=1S/C48H81N3O36/c1-11(58)49-21-29(66)24(61)14(4-52)77-43(21)83-38-19(9-57)82-48(41(35(38)72)87-45-23(51-13(3)60)31(68)37(18(8-56)81-45)84-46-34(71)32(69)26(63)16(6-54)79-46)85-39-28(65)20(76-42(74)36(39)73)10-75-47-40(33(70)27(64)17(7-55)80-47)86-44-22(50-12(2)59)30(67)25(62)15(5-53)78-44/h14-48,52-57,61-74H,4-10H2,1-3H3,(H,49,58)(H,50,59)(H,51,60)/t14-,15-,16-,17-,18-,19-,20-,21-,22-,23-,24-,25-,26+,27-,28-,29-,30-,31-,32+,33+,34-,35+,36+,37-,38-,39+,40+,41+,42-,43+,44+,45+,46+,47+,48-/m1/s1. The van der Waals surface area contributed by atoms with E-state index in [4.69, 9.17) is 61.6 Å². The van der Waals surface area contributed by atoms with Gasteiger partial charge in [0.05, 0.1) is 46.2 Å². The normalized spacial score (nSPS) is 48.9. The molecule has 7 rings (SSSR count). The Morgan fingerprint density at radius 1 is 0.299 bits per heavy atom. The highest BCUT2D eigenvalue weighted by molar-refractivity contribution is 5.74. The number of ether oxygens (including phenoxy) is 13. The first-order chi connectivity index (χ1) is 41.1. The Morgan fingerprint density at radius 2 is 0.632 bits per heavy atom. The highest BCUT2D eigenvalue weighted by Gasteiger charge is 2.59. The molecule has 7 saturated heterocycles. The first-order valence-corrected chi connectivity index (χ1v) is 27.6. The predicted octanol–water partition coefficient (Wildman–Crippen LogP) is -15.8. The number of aliphatic hydroxyl groups excluding tert-OH is 20. The van der Waals surface area contributed by atoms with E-state index < -0.39 is 279 Å². The van der Waals surface area contributed by atoms with Crippen molar-refractivity contribution in [1.82, 2.24) is 16.0 Å². The average Bonchev–Trinajstić information content (AvgIpc) is 0.906. The van der Waals surface area contributed by atoms with E-state index in [1.54, 1.807) is 0 Å². The van der Waals surface area contributed by atoms with Crippen LogP contribution in [0.1, 0.15) is 20.8 Å². The third-order valence-corrected chi connectivity index (χ3v) is 15.7. The number of nitrogens with one attached hydrogen (secondary N) is 3. The second-order valence-corrected chi connectivity index (χ2v) is 21.8. The zero-order valence-electron chi connectivity index (χ0n) is 46.6. The summed E-state index contributed by atoms with van der Waals surface area (Å²) in [6.07, 6.45) is -63.4. The van der Waals surface area contributed by atoms with Crippen molar-refractivity contribution in [2.45, 2.75) is 236 Å². The molecule has 7 heterocycles. The van der Waals surface area contributed by atoms with Gasteiger partial charge in [0.15, 0.2) is 44.0 Å². The minimum Gasteiger partial charge on any atom is -0.394 e. The topological polar surface area (TPSA) is 612 Å². The zero-order chi connectivity index (χ0) is 64.2. The number of carbonyl (C=O) groups is 3. The van der Waals surface area contributed by atoms with Crippen molar-refractivity contribution in [2.24, 2.45) is 0 Å². The van der Waals surface area contributed by atoms with E-state index in [-0.39, 0.29) is 0 Å². The molecular weight excluding hydrogens is 1190 g/mol. The molecule has 35 atom stereocenters. The van der Waals surface area contributed by atoms with Crippen LogP contribution in [-0.2, 0) is 76.0 Å². The van der Waals surface area contributed by atoms with Gasteiger partial charge in [-0.1, -0.05) is 0 Å². The minimum atomic E-state index is -2.36. The van der Waals surface area contributed by atoms with Gasteiger partial charge in [0.25, 0.3) is 0 Å². The summed E-state index contributed by atoms with van der Waals surface area (Å²) in [6, 6.07) is -5.24. The van der Waals surface area contributed by atoms with E-state index in [9.17, 15) is 117 Å². The lowest BCUT2D eigenvalue weighted by atomic mass is 9.94. The monoisotopic (exact) mass is 1280 g/mol. The molecule has 3 amide bonds. The molecule has 0 aromatic carbocycles. The highest BCUT2D eigenvalue weighted by Crippen LogP contribution is 2.38. The van der Waals surface area contributed by atoms with E-state index >= 15 is 0 Å². The van der Waals surface area contributed by atoms with Crippen molar-refractivity contribution in [1.29, 1.82) is 0 Å². The van der Waals surface area contributed by atoms with Gasteiger partial charge in [-0.25, -0.2) is 0 Å². The predicted molar refractivity (Wildman–Crippen MR) is 267 cm³/mol. The molecule has 23 N–H and O–H groups in total. The van der Waals surface area contributed by atoms with Gasteiger partial charge in [-0.2, -0.15) is 0 Å². The molecule has 87 heavy (non-hydrogen) atoms. The third kappa shape index (κ3) is 15.8. The molecule has 0 aromatic rings. The van der Waals surface area contributed by atoms with Gasteiger partial charge in [0.2, 0.25) is 17.7 Å². The molecule has 504 valence electrons. The lowest BCUT2D eigenvalue weighted by molar-refractivity contribution is -0.399. The van der Waals surface area contributed by atoms with Crippen molar-refractivity contribution in [3.8, 4) is 0 Å². The van der Waals surface area contributed by atoms with Crippen LogP contribution in [-0.4, -0.2) is 381 Å². The Hall–Kier alpha value is -2.91. The van der Waals surface area contributed by atoms with Gasteiger partial charge >= 0.3 is 0 Å². The van der Waals surface area contributed by atoms with Gasteiger partial charge in [-0.3, -0.25) is 14.4 Å². The summed E-state index contributed by atoms with van der Waals surface area (Å²) in [5.41, 5.74) is 0. The summed E-state index contributed by atoms with van der Waals surface area (Å²) in [4.78, 5) is 37.4. The lowest BCUT2D eigenvalue weighted by Crippen LogP contribution is -2.71. The maximum absolute atomic E-state index is 12.8. The second-order valence-electron chi connectivity index (χ2n) is 21.8. The van der Waals surface area contributed by atoms with Gasteiger partial charge < -0.3 is 180 Å². The van der Waals surface area contributed by atoms with Gasteiger partial charge in [0, 0.05) is 20.8 Å². The van der Waals surface area contributed by atoms with Gasteiger partial charge in [0.1, 0.15) is 171 Å². The first-order valence-electron chi connectivity index (χ1n) is 27.6. The average molecular weight is 1280 g/mol. The Kier molecular flexibility index (Phi) is 25.6. The lowest BCUT2D eigenvalue weighted by Gasteiger charge is -2.51. The van der Waals surface area contributed by atoms with Crippen LogP contribution in [0.4, 0.5) is 0 Å². The molecule has 39 nitrogen and oxygen atoms in total. The number of carbonyl (C=O) groups excluding carboxylic acids is 3. The maximum atomic E-state index is 12.8. The van der Waals surface area contributed by atoms with Crippen LogP contribution in [0, 0.1) is 0 Å². The molecule has 0 spiro atoms. The number of hydrogen-bond acceptors (Lipinski definition) is 36. The molecule has 0 bridgehead atoms. The van der Waals surface area contributed by atoms with Crippen LogP contribution < -0.4 is 16.0 Å². The van der Waals surface area contributed by atoms with Gasteiger partial charge in [-0.15, -0.1) is 0 Å². The molecule has 7 fully saturated rings. The Bertz CT molecular complexity index is 2190. The number of rotatable bonds is 22. The maximum Gasteiger partial charge on any atom is 0.217 e. The van der Waals surface area contributed by atoms with Gasteiger partial charge in [-0.05, 0) is 0 Å². The summed E-state index contributed by atoms with van der Waals surface area (Å²) in [5, 5.41) is 224. The van der Waals surface area contributed by atoms with Crippen molar-refractivity contribution in [2.75, 3.05) is 46.2 Å². The summed E-state index contributed by atoms with van der Waals surface area (Å²) in [6.45, 7) is -4.01. The van der Waals surface area contributed by atoms with Crippen molar-refractivity contribution in [3.05, 3.63) is 0 Å². The van der Waals surface area contributed by atoms with Crippen LogP contribution in [0.5, 0.6) is 0 Å². The first kappa shape index (κ1) is 71.5.